The molecule has 0 aromatic rings. The fourth-order valence-electron chi connectivity index (χ4n) is 2.38. The van der Waals surface area contributed by atoms with Crippen LogP contribution in [0.1, 0.15) is 64.7 Å². The van der Waals surface area contributed by atoms with Crippen LogP contribution >= 0.6 is 0 Å². The van der Waals surface area contributed by atoms with Gasteiger partial charge in [-0.1, -0.05) is 67.9 Å². The third-order valence-corrected chi connectivity index (χ3v) is 3.80. The molecule has 2 heteroatoms. The number of aliphatic carboxylic acids is 1. The summed E-state index contributed by atoms with van der Waals surface area (Å²) in [7, 11) is 0. The van der Waals surface area contributed by atoms with Gasteiger partial charge in [-0.15, -0.1) is 0 Å². The van der Waals surface area contributed by atoms with Crippen molar-refractivity contribution in [2.45, 2.75) is 64.7 Å². The predicted octanol–water partition coefficient (Wildman–Crippen LogP) is 5.83. The normalized spacial score (nSPS) is 19.9. The van der Waals surface area contributed by atoms with E-state index in [1.807, 2.05) is 0 Å². The van der Waals surface area contributed by atoms with Crippen molar-refractivity contribution >= 4 is 5.97 Å². The summed E-state index contributed by atoms with van der Waals surface area (Å²) in [5, 5.41) is 8.67. The van der Waals surface area contributed by atoms with Crippen molar-refractivity contribution in [2.24, 2.45) is 5.92 Å². The zero-order valence-corrected chi connectivity index (χ0v) is 13.8. The molecule has 1 saturated carbocycles. The molecular weight excluding hydrogens is 272 g/mol. The number of hydrogen-bond acceptors (Lipinski definition) is 1. The Balaban J connectivity index is 1.97. The molecule has 0 heterocycles. The van der Waals surface area contributed by atoms with E-state index in [2.05, 4.69) is 49.5 Å². The molecule has 1 atom stereocenters. The van der Waals surface area contributed by atoms with Crippen LogP contribution in [-0.4, -0.2) is 11.1 Å². The Labute approximate surface area is 135 Å². The largest absolute Gasteiger partial charge is 0.481 e. The second-order valence-electron chi connectivity index (χ2n) is 5.90. The van der Waals surface area contributed by atoms with E-state index < -0.39 is 5.97 Å². The minimum atomic E-state index is -0.687. The number of rotatable bonds is 12. The highest BCUT2D eigenvalue weighted by Crippen LogP contribution is 2.40. The number of carboxylic acids is 1. The highest BCUT2D eigenvalue weighted by Gasteiger charge is 2.30. The van der Waals surface area contributed by atoms with E-state index in [1.165, 1.54) is 31.3 Å². The molecule has 2 nitrogen and oxygen atoms in total. The first kappa shape index (κ1) is 18.5. The Morgan fingerprint density at radius 1 is 1.05 bits per heavy atom. The van der Waals surface area contributed by atoms with Gasteiger partial charge in [-0.25, -0.2) is 0 Å². The van der Waals surface area contributed by atoms with Gasteiger partial charge in [-0.2, -0.15) is 0 Å². The molecule has 0 radical (unpaired) electrons. The summed E-state index contributed by atoms with van der Waals surface area (Å²) in [6, 6.07) is 0. The molecule has 1 aliphatic carbocycles. The number of carbonyl (C=O) groups is 1. The van der Waals surface area contributed by atoms with E-state index in [9.17, 15) is 4.79 Å². The lowest BCUT2D eigenvalue weighted by atomic mass is 10.2. The second kappa shape index (κ2) is 12.0. The maximum Gasteiger partial charge on any atom is 0.303 e. The monoisotopic (exact) mass is 302 g/mol. The van der Waals surface area contributed by atoms with Gasteiger partial charge in [0.05, 0.1) is 6.42 Å². The van der Waals surface area contributed by atoms with Crippen LogP contribution in [-0.2, 0) is 4.79 Å². The molecule has 0 spiro atoms. The van der Waals surface area contributed by atoms with Crippen LogP contribution in [0.2, 0.25) is 0 Å². The maximum absolute atomic E-state index is 10.5. The van der Waals surface area contributed by atoms with E-state index in [-0.39, 0.29) is 0 Å². The third-order valence-electron chi connectivity index (χ3n) is 3.80. The van der Waals surface area contributed by atoms with Gasteiger partial charge in [0.2, 0.25) is 0 Å². The zero-order valence-electron chi connectivity index (χ0n) is 13.8. The molecule has 1 unspecified atom stereocenters. The van der Waals surface area contributed by atoms with Crippen molar-refractivity contribution in [1.29, 1.82) is 0 Å². The Bertz CT molecular complexity index is 427. The lowest BCUT2D eigenvalue weighted by Crippen LogP contribution is -1.94. The van der Waals surface area contributed by atoms with E-state index in [0.29, 0.717) is 12.3 Å². The van der Waals surface area contributed by atoms with Gasteiger partial charge in [-0.05, 0) is 44.4 Å². The summed E-state index contributed by atoms with van der Waals surface area (Å²) in [6.45, 7) is 2.23. The minimum absolute atomic E-state index is 0.296. The van der Waals surface area contributed by atoms with Crippen LogP contribution < -0.4 is 0 Å². The first-order chi connectivity index (χ1) is 10.7. The van der Waals surface area contributed by atoms with Crippen LogP contribution in [0.25, 0.3) is 0 Å². The maximum atomic E-state index is 10.5. The van der Waals surface area contributed by atoms with Crippen molar-refractivity contribution in [3.05, 3.63) is 48.1 Å². The second-order valence-corrected chi connectivity index (χ2v) is 5.90. The number of unbranched alkanes of at least 4 members (excludes halogenated alkanes) is 3. The number of hydrogen-bond donors (Lipinski definition) is 1. The van der Waals surface area contributed by atoms with Crippen LogP contribution in [0.5, 0.6) is 0 Å². The summed E-state index contributed by atoms with van der Waals surface area (Å²) in [4.78, 5) is 10.5. The summed E-state index contributed by atoms with van der Waals surface area (Å²) in [6.07, 6.45) is 24.8. The molecule has 0 amide bonds. The van der Waals surface area contributed by atoms with Gasteiger partial charge in [0.25, 0.3) is 0 Å². The summed E-state index contributed by atoms with van der Waals surface area (Å²) >= 11 is 0. The Hall–Kier alpha value is -1.57. The van der Waals surface area contributed by atoms with E-state index >= 15 is 0 Å². The summed E-state index contributed by atoms with van der Waals surface area (Å²) in [5.41, 5.74) is 1.32. The van der Waals surface area contributed by atoms with Crippen molar-refractivity contribution < 1.29 is 9.90 Å². The van der Waals surface area contributed by atoms with Gasteiger partial charge in [0.15, 0.2) is 0 Å². The van der Waals surface area contributed by atoms with Crippen LogP contribution in [0.15, 0.2) is 48.1 Å². The summed E-state index contributed by atoms with van der Waals surface area (Å²) in [5.74, 6) is -0.372. The predicted molar refractivity (Wildman–Crippen MR) is 93.9 cm³/mol. The van der Waals surface area contributed by atoms with Crippen molar-refractivity contribution in [3.63, 3.8) is 0 Å². The number of carboxylic acid groups (broad SMARTS) is 1. The average Bonchev–Trinajstić information content (AvgIpc) is 3.21. The first-order valence-corrected chi connectivity index (χ1v) is 8.59. The van der Waals surface area contributed by atoms with E-state index in [1.54, 1.807) is 0 Å². The molecule has 22 heavy (non-hydrogen) atoms. The van der Waals surface area contributed by atoms with Crippen molar-refractivity contribution in [3.8, 4) is 0 Å². The molecule has 122 valence electrons. The van der Waals surface area contributed by atoms with Crippen LogP contribution in [0.4, 0.5) is 0 Å². The summed E-state index contributed by atoms with van der Waals surface area (Å²) < 4.78 is 0. The molecule has 1 rings (SSSR count). The highest BCUT2D eigenvalue weighted by molar-refractivity contribution is 5.68. The van der Waals surface area contributed by atoms with Gasteiger partial charge in [-0.3, -0.25) is 4.79 Å². The average molecular weight is 302 g/mol. The zero-order chi connectivity index (χ0) is 16.0. The smallest absolute Gasteiger partial charge is 0.303 e. The fourth-order valence-corrected chi connectivity index (χ4v) is 2.38. The quantitative estimate of drug-likeness (QED) is 0.364. The molecular formula is C20H30O2. The Morgan fingerprint density at radius 2 is 1.68 bits per heavy atom. The van der Waals surface area contributed by atoms with Gasteiger partial charge < -0.3 is 5.11 Å². The Morgan fingerprint density at radius 3 is 2.32 bits per heavy atom. The van der Waals surface area contributed by atoms with Crippen molar-refractivity contribution in [1.82, 2.24) is 0 Å². The molecule has 1 fully saturated rings. The molecule has 1 N–H and O–H groups in total. The van der Waals surface area contributed by atoms with E-state index in [4.69, 9.17) is 5.11 Å². The molecule has 0 aromatic carbocycles. The third kappa shape index (κ3) is 10.2. The molecule has 0 aromatic heterocycles. The van der Waals surface area contributed by atoms with Crippen LogP contribution in [0, 0.1) is 5.92 Å². The standard InChI is InChI=1S/C20H30O2/c1-2-3-4-5-6-7-8-9-10-11-12-13-14-15-18-16-19(18)17-20(21)22/h6-7,9-10,12-13,15,19H,2-5,8,11,14,16-17H2,1H3,(H,21,22)/b7-6-,10-9-,13-12-,18-15+. The molecule has 1 aliphatic rings. The van der Waals surface area contributed by atoms with Crippen molar-refractivity contribution in [2.75, 3.05) is 0 Å². The fraction of sp³-hybridized carbons (Fsp3) is 0.550. The molecule has 0 saturated heterocycles. The number of allylic oxidation sites excluding steroid dienone is 8. The topological polar surface area (TPSA) is 37.3 Å². The molecule has 0 bridgehead atoms. The van der Waals surface area contributed by atoms with Gasteiger partial charge in [0.1, 0.15) is 0 Å². The minimum Gasteiger partial charge on any atom is -0.481 e. The SMILES string of the molecule is CCCCC/C=C\C/C=C\C/C=C\C/C=C1\CC1CC(=O)O. The van der Waals surface area contributed by atoms with Gasteiger partial charge in [0, 0.05) is 0 Å². The van der Waals surface area contributed by atoms with Gasteiger partial charge >= 0.3 is 5.97 Å². The Kier molecular flexibility index (Phi) is 10.1. The lowest BCUT2D eigenvalue weighted by Gasteiger charge is -1.90. The van der Waals surface area contributed by atoms with Crippen LogP contribution in [0.3, 0.4) is 0 Å². The van der Waals surface area contributed by atoms with E-state index in [0.717, 1.165) is 25.7 Å². The lowest BCUT2D eigenvalue weighted by molar-refractivity contribution is -0.137. The highest BCUT2D eigenvalue weighted by atomic mass is 16.4. The molecule has 0 aliphatic heterocycles. The first-order valence-electron chi connectivity index (χ1n) is 8.59.